The molecule has 1 aromatic carbocycles. The minimum absolute atomic E-state index is 0.123. The molecule has 3 nitrogen and oxygen atoms in total. The van der Waals surface area contributed by atoms with Gasteiger partial charge in [-0.1, -0.05) is 12.1 Å². The van der Waals surface area contributed by atoms with Crippen molar-refractivity contribution >= 4 is 0 Å². The second-order valence-corrected chi connectivity index (χ2v) is 6.31. The Kier molecular flexibility index (Phi) is 4.78. The van der Waals surface area contributed by atoms with Crippen LogP contribution in [0.15, 0.2) is 18.2 Å². The van der Waals surface area contributed by atoms with E-state index in [1.165, 1.54) is 0 Å². The predicted octanol–water partition coefficient (Wildman–Crippen LogP) is 2.54. The van der Waals surface area contributed by atoms with Gasteiger partial charge in [-0.25, -0.2) is 4.39 Å². The van der Waals surface area contributed by atoms with Crippen molar-refractivity contribution in [1.82, 2.24) is 10.2 Å². The van der Waals surface area contributed by atoms with Crippen LogP contribution in [0.1, 0.15) is 31.9 Å². The maximum atomic E-state index is 14.0. The summed E-state index contributed by atoms with van der Waals surface area (Å²) in [5.74, 6) is -0.123. The van der Waals surface area contributed by atoms with Crippen LogP contribution in [0, 0.1) is 5.82 Å². The first-order chi connectivity index (χ1) is 9.39. The third-order valence-electron chi connectivity index (χ3n) is 3.52. The number of nitrogens with zero attached hydrogens (tertiary/aromatic N) is 1. The molecule has 0 radical (unpaired) electrons. The fraction of sp³-hybridized carbons (Fsp3) is 0.625. The van der Waals surface area contributed by atoms with Crippen molar-refractivity contribution in [3.63, 3.8) is 0 Å². The van der Waals surface area contributed by atoms with Crippen LogP contribution in [-0.2, 0) is 17.8 Å². The standard InChI is InChI=1S/C16H25FN2O/c1-12-9-19(11-16(2,3)20-12)10-14-7-13(8-18-4)5-6-15(14)17/h5-7,12,18H,8-11H2,1-4H3. The van der Waals surface area contributed by atoms with Gasteiger partial charge >= 0.3 is 0 Å². The molecular formula is C16H25FN2O. The van der Waals surface area contributed by atoms with Gasteiger partial charge in [0.25, 0.3) is 0 Å². The average molecular weight is 280 g/mol. The van der Waals surface area contributed by atoms with E-state index in [1.54, 1.807) is 6.07 Å². The summed E-state index contributed by atoms with van der Waals surface area (Å²) in [6.45, 7) is 9.32. The van der Waals surface area contributed by atoms with E-state index >= 15 is 0 Å². The highest BCUT2D eigenvalue weighted by Gasteiger charge is 2.31. The molecular weight excluding hydrogens is 255 g/mol. The van der Waals surface area contributed by atoms with Gasteiger partial charge in [-0.05, 0) is 39.4 Å². The zero-order valence-corrected chi connectivity index (χ0v) is 12.9. The highest BCUT2D eigenvalue weighted by molar-refractivity contribution is 5.25. The molecule has 1 saturated heterocycles. The summed E-state index contributed by atoms with van der Waals surface area (Å²) in [5, 5.41) is 3.10. The molecule has 1 N–H and O–H groups in total. The van der Waals surface area contributed by atoms with E-state index in [0.29, 0.717) is 6.54 Å². The first-order valence-corrected chi connectivity index (χ1v) is 7.22. The van der Waals surface area contributed by atoms with Crippen LogP contribution in [-0.4, -0.2) is 36.7 Å². The normalized spacial score (nSPS) is 22.9. The zero-order valence-electron chi connectivity index (χ0n) is 12.9. The van der Waals surface area contributed by atoms with Crippen molar-refractivity contribution in [3.8, 4) is 0 Å². The number of morpholine rings is 1. The van der Waals surface area contributed by atoms with Crippen LogP contribution >= 0.6 is 0 Å². The van der Waals surface area contributed by atoms with Crippen molar-refractivity contribution in [2.24, 2.45) is 0 Å². The molecule has 0 aromatic heterocycles. The Morgan fingerprint density at radius 3 is 2.85 bits per heavy atom. The summed E-state index contributed by atoms with van der Waals surface area (Å²) >= 11 is 0. The number of benzene rings is 1. The number of hydrogen-bond acceptors (Lipinski definition) is 3. The smallest absolute Gasteiger partial charge is 0.127 e. The summed E-state index contributed by atoms with van der Waals surface area (Å²) in [5.41, 5.74) is 1.71. The molecule has 2 rings (SSSR count). The molecule has 1 aliphatic rings. The molecule has 1 unspecified atom stereocenters. The fourth-order valence-electron chi connectivity index (χ4n) is 3.01. The Bertz CT molecular complexity index is 462. The van der Waals surface area contributed by atoms with Crippen molar-refractivity contribution in [1.29, 1.82) is 0 Å². The van der Waals surface area contributed by atoms with Gasteiger partial charge in [0.15, 0.2) is 0 Å². The molecule has 1 heterocycles. The van der Waals surface area contributed by atoms with Gasteiger partial charge in [0.1, 0.15) is 5.82 Å². The molecule has 4 heteroatoms. The SMILES string of the molecule is CNCc1ccc(F)c(CN2CC(C)OC(C)(C)C2)c1. The summed E-state index contributed by atoms with van der Waals surface area (Å²) in [4.78, 5) is 2.27. The molecule has 112 valence electrons. The predicted molar refractivity (Wildman–Crippen MR) is 79.1 cm³/mol. The molecule has 20 heavy (non-hydrogen) atoms. The second-order valence-electron chi connectivity index (χ2n) is 6.31. The van der Waals surface area contributed by atoms with Gasteiger partial charge in [0.2, 0.25) is 0 Å². The van der Waals surface area contributed by atoms with Gasteiger partial charge in [-0.3, -0.25) is 4.90 Å². The number of rotatable bonds is 4. The Hall–Kier alpha value is -0.970. The van der Waals surface area contributed by atoms with Gasteiger partial charge in [-0.15, -0.1) is 0 Å². The Morgan fingerprint density at radius 1 is 1.45 bits per heavy atom. The molecule has 0 spiro atoms. The molecule has 1 atom stereocenters. The van der Waals surface area contributed by atoms with Crippen LogP contribution in [0.2, 0.25) is 0 Å². The van der Waals surface area contributed by atoms with Crippen molar-refractivity contribution in [2.45, 2.75) is 45.6 Å². The zero-order chi connectivity index (χ0) is 14.8. The van der Waals surface area contributed by atoms with Gasteiger partial charge in [-0.2, -0.15) is 0 Å². The second kappa shape index (κ2) is 6.20. The van der Waals surface area contributed by atoms with Gasteiger partial charge in [0, 0.05) is 31.7 Å². The van der Waals surface area contributed by atoms with Gasteiger partial charge < -0.3 is 10.1 Å². The number of hydrogen-bond donors (Lipinski definition) is 1. The first-order valence-electron chi connectivity index (χ1n) is 7.22. The average Bonchev–Trinajstić information content (AvgIpc) is 2.31. The fourth-order valence-corrected chi connectivity index (χ4v) is 3.01. The number of ether oxygens (including phenoxy) is 1. The molecule has 0 saturated carbocycles. The van der Waals surface area contributed by atoms with E-state index in [9.17, 15) is 4.39 Å². The minimum atomic E-state index is -0.170. The van der Waals surface area contributed by atoms with E-state index in [-0.39, 0.29) is 17.5 Å². The molecule has 0 bridgehead atoms. The molecule has 1 aliphatic heterocycles. The summed E-state index contributed by atoms with van der Waals surface area (Å²) in [6, 6.07) is 5.36. The lowest BCUT2D eigenvalue weighted by Crippen LogP contribution is -2.51. The lowest BCUT2D eigenvalue weighted by atomic mass is 10.0. The Labute approximate surface area is 121 Å². The van der Waals surface area contributed by atoms with Crippen LogP contribution in [0.3, 0.4) is 0 Å². The topological polar surface area (TPSA) is 24.5 Å². The lowest BCUT2D eigenvalue weighted by molar-refractivity contribution is -0.130. The van der Waals surface area contributed by atoms with E-state index in [2.05, 4.69) is 31.0 Å². The van der Waals surface area contributed by atoms with Crippen molar-refractivity contribution in [3.05, 3.63) is 35.1 Å². The maximum absolute atomic E-state index is 14.0. The third kappa shape index (κ3) is 4.01. The highest BCUT2D eigenvalue weighted by Crippen LogP contribution is 2.23. The summed E-state index contributed by atoms with van der Waals surface area (Å²) in [6.07, 6.45) is 0.183. The monoisotopic (exact) mass is 280 g/mol. The van der Waals surface area contributed by atoms with Crippen molar-refractivity contribution in [2.75, 3.05) is 20.1 Å². The highest BCUT2D eigenvalue weighted by atomic mass is 19.1. The number of halogens is 1. The Morgan fingerprint density at radius 2 is 2.20 bits per heavy atom. The third-order valence-corrected chi connectivity index (χ3v) is 3.52. The minimum Gasteiger partial charge on any atom is -0.370 e. The van der Waals surface area contributed by atoms with E-state index in [1.807, 2.05) is 19.2 Å². The van der Waals surface area contributed by atoms with E-state index < -0.39 is 0 Å². The van der Waals surface area contributed by atoms with Crippen LogP contribution in [0.25, 0.3) is 0 Å². The van der Waals surface area contributed by atoms with E-state index in [4.69, 9.17) is 4.74 Å². The lowest BCUT2D eigenvalue weighted by Gasteiger charge is -2.41. The Balaban J connectivity index is 2.10. The molecule has 1 aromatic rings. The maximum Gasteiger partial charge on any atom is 0.127 e. The molecule has 0 amide bonds. The van der Waals surface area contributed by atoms with Crippen molar-refractivity contribution < 1.29 is 9.13 Å². The van der Waals surface area contributed by atoms with Crippen LogP contribution < -0.4 is 5.32 Å². The summed E-state index contributed by atoms with van der Waals surface area (Å²) in [7, 11) is 1.90. The van der Waals surface area contributed by atoms with Gasteiger partial charge in [0.05, 0.1) is 11.7 Å². The molecule has 1 fully saturated rings. The largest absolute Gasteiger partial charge is 0.370 e. The van der Waals surface area contributed by atoms with Crippen LogP contribution in [0.4, 0.5) is 4.39 Å². The quantitative estimate of drug-likeness (QED) is 0.917. The summed E-state index contributed by atoms with van der Waals surface area (Å²) < 4.78 is 19.9. The number of nitrogens with one attached hydrogen (secondary N) is 1. The van der Waals surface area contributed by atoms with Crippen LogP contribution in [0.5, 0.6) is 0 Å². The molecule has 0 aliphatic carbocycles. The first kappa shape index (κ1) is 15.4. The van der Waals surface area contributed by atoms with E-state index in [0.717, 1.165) is 30.8 Å².